The highest BCUT2D eigenvalue weighted by atomic mass is 14.9. The van der Waals surface area contributed by atoms with Gasteiger partial charge in [-0.3, -0.25) is 0 Å². The van der Waals surface area contributed by atoms with Gasteiger partial charge in [0.2, 0.25) is 0 Å². The van der Waals surface area contributed by atoms with Crippen LogP contribution in [0.15, 0.2) is 36.4 Å². The average Bonchev–Trinajstić information content (AvgIpc) is 2.09. The summed E-state index contributed by atoms with van der Waals surface area (Å²) in [6, 6.07) is 15.8. The Labute approximate surface area is 765 Å². The van der Waals surface area contributed by atoms with Crippen molar-refractivity contribution in [1.82, 2.24) is 47.9 Å². The molecule has 3 aliphatic carbocycles. The predicted molar refractivity (Wildman–Crippen MR) is 572 cm³/mol. The van der Waals surface area contributed by atoms with Crippen molar-refractivity contribution in [3.63, 3.8) is 0 Å². The topological polar surface area (TPSA) is 108 Å². The van der Waals surface area contributed by atoms with Crippen molar-refractivity contribution in [3.8, 4) is 0 Å². The molecule has 9 heteroatoms. The van der Waals surface area contributed by atoms with E-state index in [0.717, 1.165) is 84.1 Å². The standard InChI is InChI=1S/C8H19N.C7H17N.C7H14.C6H13N.C6H12.C6H6.C5H11N.C5H10.C4H9N.4C4H11N.10C4H10/c1-7(2)5-6-9-8(3)4;1-6(2)5-8-7(3)4;2*1-2-4-6-7-5-3-1;3*1-2-4-6-5-3-1;2*1-2-4-5-3-1;4*1-4(2)5-3;10*1-4(2)3/h7-9H,5-6H2,1-4H3;6-8H,5H2,1-4H3;1-7H2;7H,1-6H2;1-6H2;1-6H;6H,1-5H2;1-5H2;5H,1-4H2;4*4-5H,1-3H3;10*4H,1-3H3. The SMILES string of the molecule is C1CCCC1.C1CCCCC1.C1CCCCCC1.C1CCCNCC1.C1CCNC1.C1CCNCC1.CC(C)C.CC(C)C.CC(C)C.CC(C)C.CC(C)C.CC(C)C.CC(C)C.CC(C)C.CC(C)C.CC(C)C.CC(C)CCNC(C)C.CC(C)CNC(C)C.CNC(C)C.CNC(C)C.CNC(C)C.CNC(C)C.c1ccccc1. The summed E-state index contributed by atoms with van der Waals surface area (Å²) in [6.07, 6.45) is 40.9. The Kier molecular flexibility index (Phi) is 190. The van der Waals surface area contributed by atoms with Gasteiger partial charge < -0.3 is 47.9 Å². The predicted octanol–water partition coefficient (Wildman–Crippen LogP) is 33.7. The molecule has 3 aliphatic heterocycles. The van der Waals surface area contributed by atoms with Gasteiger partial charge in [0.25, 0.3) is 0 Å². The van der Waals surface area contributed by atoms with Gasteiger partial charge in [-0.05, 0) is 197 Å². The van der Waals surface area contributed by atoms with E-state index in [-0.39, 0.29) is 0 Å². The lowest BCUT2D eigenvalue weighted by atomic mass is 10.0. The van der Waals surface area contributed by atoms with Crippen molar-refractivity contribution in [1.29, 1.82) is 0 Å². The van der Waals surface area contributed by atoms with E-state index in [1.807, 2.05) is 64.6 Å². The molecular weight excluding hydrogens is 1450 g/mol. The Morgan fingerprint density at radius 3 is 0.387 bits per heavy atom. The molecule has 0 aromatic heterocycles. The molecule has 6 fully saturated rings. The highest BCUT2D eigenvalue weighted by Gasteiger charge is 2.00. The summed E-state index contributed by atoms with van der Waals surface area (Å²) in [5.74, 6) is 9.94. The number of benzene rings is 1. The van der Waals surface area contributed by atoms with Gasteiger partial charge >= 0.3 is 0 Å². The second-order valence-electron chi connectivity index (χ2n) is 42.3. The van der Waals surface area contributed by atoms with Crippen LogP contribution < -0.4 is 47.9 Å². The van der Waals surface area contributed by atoms with E-state index in [4.69, 9.17) is 0 Å². The second-order valence-corrected chi connectivity index (χ2v) is 42.3. The molecule has 6 aliphatic rings. The summed E-state index contributed by atoms with van der Waals surface area (Å²) in [4.78, 5) is 0. The lowest BCUT2D eigenvalue weighted by Gasteiger charge is -2.09. The monoisotopic (exact) mass is 1700 g/mol. The number of piperidine rings is 1. The van der Waals surface area contributed by atoms with Crippen molar-refractivity contribution in [3.05, 3.63) is 36.4 Å². The van der Waals surface area contributed by atoms with Gasteiger partial charge in [0.05, 0.1) is 0 Å². The summed E-state index contributed by atoms with van der Waals surface area (Å²) < 4.78 is 0. The van der Waals surface area contributed by atoms with Gasteiger partial charge in [-0.25, -0.2) is 0 Å². The first-order valence-corrected chi connectivity index (χ1v) is 51.4. The molecule has 0 unspecified atom stereocenters. The fraction of sp³-hybridized carbons (Fsp3) is 0.945. The molecule has 3 saturated heterocycles. The quantitative estimate of drug-likeness (QED) is 0.100. The van der Waals surface area contributed by atoms with Crippen LogP contribution in [-0.2, 0) is 0 Å². The molecule has 1 aromatic rings. The van der Waals surface area contributed by atoms with Crippen LogP contribution in [-0.4, -0.2) is 117 Å². The van der Waals surface area contributed by atoms with E-state index in [1.54, 1.807) is 0 Å². The lowest BCUT2D eigenvalue weighted by molar-refractivity contribution is 0.504. The molecule has 0 atom stereocenters. The summed E-state index contributed by atoms with van der Waals surface area (Å²) in [5.41, 5.74) is 0. The molecule has 119 heavy (non-hydrogen) atoms. The molecular formula is C110H255N9. The first-order valence-electron chi connectivity index (χ1n) is 51.4. The summed E-state index contributed by atoms with van der Waals surface area (Å²) >= 11 is 0. The Morgan fingerprint density at radius 2 is 0.294 bits per heavy atom. The van der Waals surface area contributed by atoms with Crippen molar-refractivity contribution in [2.75, 3.05) is 80.5 Å². The third-order valence-electron chi connectivity index (χ3n) is 13.3. The van der Waals surface area contributed by atoms with Crippen LogP contribution in [0.5, 0.6) is 0 Å². The third kappa shape index (κ3) is 430. The van der Waals surface area contributed by atoms with E-state index < -0.39 is 0 Å². The lowest BCUT2D eigenvalue weighted by Crippen LogP contribution is -2.26. The molecule has 0 bridgehead atoms. The first-order chi connectivity index (χ1) is 55.2. The second kappa shape index (κ2) is 145. The highest BCUT2D eigenvalue weighted by Crippen LogP contribution is 2.17. The van der Waals surface area contributed by atoms with Crippen LogP contribution in [0.2, 0.25) is 0 Å². The van der Waals surface area contributed by atoms with Gasteiger partial charge in [-0.2, -0.15) is 0 Å². The number of hydrogen-bond acceptors (Lipinski definition) is 9. The molecule has 0 radical (unpaired) electrons. The zero-order valence-corrected chi connectivity index (χ0v) is 93.8. The van der Waals surface area contributed by atoms with Gasteiger partial charge in [-0.15, -0.1) is 0 Å². The normalized spacial score (nSPS) is 13.9. The third-order valence-corrected chi connectivity index (χ3v) is 13.3. The van der Waals surface area contributed by atoms with Crippen LogP contribution in [0.1, 0.15) is 498 Å². The molecule has 0 amide bonds. The van der Waals surface area contributed by atoms with Gasteiger partial charge in [-0.1, -0.05) is 490 Å². The highest BCUT2D eigenvalue weighted by molar-refractivity contribution is 4.99. The van der Waals surface area contributed by atoms with E-state index >= 15 is 0 Å². The van der Waals surface area contributed by atoms with Crippen LogP contribution in [0.3, 0.4) is 0 Å². The number of nitrogens with one attached hydrogen (secondary N) is 9. The summed E-state index contributed by atoms with van der Waals surface area (Å²) in [7, 11) is 7.80. The zero-order chi connectivity index (χ0) is 96.5. The maximum Gasteiger partial charge on any atom is 0.00104 e. The van der Waals surface area contributed by atoms with Crippen LogP contribution in [0.25, 0.3) is 0 Å². The van der Waals surface area contributed by atoms with Crippen LogP contribution in [0.4, 0.5) is 0 Å². The summed E-state index contributed by atoms with van der Waals surface area (Å²) in [5, 5.41) is 28.7. The molecule has 0 spiro atoms. The van der Waals surface area contributed by atoms with Crippen molar-refractivity contribution in [2.24, 2.45) is 71.0 Å². The van der Waals surface area contributed by atoms with E-state index in [1.165, 1.54) is 219 Å². The van der Waals surface area contributed by atoms with Crippen LogP contribution in [0, 0.1) is 71.0 Å². The minimum atomic E-state index is 0.634. The molecule has 3 heterocycles. The maximum absolute atomic E-state index is 3.38. The first kappa shape index (κ1) is 155. The number of rotatable bonds is 11. The smallest absolute Gasteiger partial charge is 0.00104 e. The Balaban J connectivity index is -0.0000000669. The fourth-order valence-electron chi connectivity index (χ4n) is 7.10. The van der Waals surface area contributed by atoms with Crippen LogP contribution >= 0.6 is 0 Å². The minimum Gasteiger partial charge on any atom is -0.318 e. The Morgan fingerprint density at radius 1 is 0.176 bits per heavy atom. The molecule has 9 nitrogen and oxygen atoms in total. The maximum atomic E-state index is 3.38. The minimum absolute atomic E-state index is 0.634. The van der Waals surface area contributed by atoms with Gasteiger partial charge in [0, 0.05) is 36.3 Å². The van der Waals surface area contributed by atoms with Crippen molar-refractivity contribution >= 4 is 0 Å². The number of hydrogen-bond donors (Lipinski definition) is 9. The Hall–Kier alpha value is -1.14. The molecule has 1 aromatic carbocycles. The van der Waals surface area contributed by atoms with E-state index in [9.17, 15) is 0 Å². The van der Waals surface area contributed by atoms with Crippen molar-refractivity contribution in [2.45, 2.75) is 535 Å². The molecule has 740 valence electrons. The van der Waals surface area contributed by atoms with E-state index in [2.05, 4.69) is 366 Å². The van der Waals surface area contributed by atoms with Gasteiger partial charge in [0.15, 0.2) is 0 Å². The molecule has 9 N–H and O–H groups in total. The molecule has 7 rings (SSSR count). The molecule has 3 saturated carbocycles. The largest absolute Gasteiger partial charge is 0.318 e. The van der Waals surface area contributed by atoms with E-state index in [0.29, 0.717) is 36.3 Å². The Bertz CT molecular complexity index is 1220. The average molecular weight is 1700 g/mol. The van der Waals surface area contributed by atoms with Gasteiger partial charge in [0.1, 0.15) is 0 Å². The summed E-state index contributed by atoms with van der Waals surface area (Å²) in [6.45, 7) is 109. The fourth-order valence-corrected chi connectivity index (χ4v) is 7.10. The van der Waals surface area contributed by atoms with Crippen molar-refractivity contribution < 1.29 is 0 Å². The zero-order valence-electron chi connectivity index (χ0n) is 93.8.